The third kappa shape index (κ3) is 2.10. The number of benzene rings is 1. The average Bonchev–Trinajstić information content (AvgIpc) is 2.28. The van der Waals surface area contributed by atoms with Crippen LogP contribution in [0.1, 0.15) is 15.9 Å². The van der Waals surface area contributed by atoms with Gasteiger partial charge < -0.3 is 5.73 Å². The molecule has 0 saturated heterocycles. The fourth-order valence-electron chi connectivity index (χ4n) is 1.16. The highest BCUT2D eigenvalue weighted by Gasteiger charge is 2.20. The van der Waals surface area contributed by atoms with Gasteiger partial charge in [0.2, 0.25) is 0 Å². The van der Waals surface area contributed by atoms with Crippen LogP contribution >= 0.6 is 11.6 Å². The van der Waals surface area contributed by atoms with E-state index in [0.717, 1.165) is 6.07 Å². The minimum Gasteiger partial charge on any atom is -0.393 e. The van der Waals surface area contributed by atoms with Crippen LogP contribution in [0, 0.1) is 21.4 Å². The van der Waals surface area contributed by atoms with E-state index < -0.39 is 16.4 Å². The Morgan fingerprint density at radius 2 is 2.25 bits per heavy atom. The molecule has 0 saturated carbocycles. The maximum atomic E-state index is 11.3. The molecule has 0 atom stereocenters. The molecule has 2 N–H and O–H groups in total. The van der Waals surface area contributed by atoms with Crippen molar-refractivity contribution in [3.63, 3.8) is 0 Å². The molecular weight excluding hydrogens is 234 g/mol. The summed E-state index contributed by atoms with van der Waals surface area (Å²) < 4.78 is 0. The summed E-state index contributed by atoms with van der Waals surface area (Å²) in [4.78, 5) is 21.2. The molecule has 1 aromatic rings. The lowest BCUT2D eigenvalue weighted by Crippen LogP contribution is -2.08. The predicted molar refractivity (Wildman–Crippen MR) is 57.3 cm³/mol. The highest BCUT2D eigenvalue weighted by molar-refractivity contribution is 6.31. The first-order valence-corrected chi connectivity index (χ1v) is 4.62. The van der Waals surface area contributed by atoms with Crippen LogP contribution in [-0.4, -0.2) is 16.6 Å². The van der Waals surface area contributed by atoms with Crippen LogP contribution in [0.15, 0.2) is 12.1 Å². The molecule has 0 heterocycles. The van der Waals surface area contributed by atoms with E-state index >= 15 is 0 Å². The molecule has 0 bridgehead atoms. The number of nitrogens with two attached hydrogens (primary N) is 1. The monoisotopic (exact) mass is 239 g/mol. The number of nitro benzene ring substituents is 1. The summed E-state index contributed by atoms with van der Waals surface area (Å²) in [5.41, 5.74) is 4.62. The van der Waals surface area contributed by atoms with Gasteiger partial charge in [-0.05, 0) is 6.07 Å². The van der Waals surface area contributed by atoms with Gasteiger partial charge in [-0.3, -0.25) is 14.9 Å². The Labute approximate surface area is 95.4 Å². The number of halogens is 1. The molecule has 0 aliphatic carbocycles. The molecule has 0 spiro atoms. The number of nitrogens with zero attached hydrogens (tertiary/aromatic N) is 2. The second-order valence-electron chi connectivity index (χ2n) is 2.88. The second kappa shape index (κ2) is 4.59. The highest BCUT2D eigenvalue weighted by atomic mass is 35.5. The fourth-order valence-corrected chi connectivity index (χ4v) is 1.30. The third-order valence-corrected chi connectivity index (χ3v) is 2.15. The van der Waals surface area contributed by atoms with Crippen molar-refractivity contribution in [1.82, 2.24) is 0 Å². The highest BCUT2D eigenvalue weighted by Crippen LogP contribution is 2.27. The van der Waals surface area contributed by atoms with E-state index in [-0.39, 0.29) is 22.7 Å². The number of hydrogen-bond donors (Lipinski definition) is 1. The topological polar surface area (TPSA) is 110 Å². The molecule has 7 heteroatoms. The summed E-state index contributed by atoms with van der Waals surface area (Å²) in [5.74, 6) is -0.907. The van der Waals surface area contributed by atoms with Gasteiger partial charge in [-0.15, -0.1) is 11.6 Å². The maximum Gasteiger partial charge on any atom is 0.294 e. The van der Waals surface area contributed by atoms with Crippen molar-refractivity contribution in [1.29, 1.82) is 5.26 Å². The number of nitro groups is 1. The predicted octanol–water partition coefficient (Wildman–Crippen LogP) is 1.47. The standard InChI is InChI=1S/C9H6ClN3O3/c10-3-8(14)6-1-5(4-11)2-7(9(6)12)13(15)16/h1-2H,3,12H2. The number of hydrogen-bond acceptors (Lipinski definition) is 5. The van der Waals surface area contributed by atoms with Gasteiger partial charge in [0.15, 0.2) is 5.78 Å². The van der Waals surface area contributed by atoms with Gasteiger partial charge in [0.25, 0.3) is 5.69 Å². The summed E-state index contributed by atoms with van der Waals surface area (Å²) in [7, 11) is 0. The van der Waals surface area contributed by atoms with Crippen molar-refractivity contribution >= 4 is 28.8 Å². The van der Waals surface area contributed by atoms with Gasteiger partial charge >= 0.3 is 0 Å². The van der Waals surface area contributed by atoms with Crippen molar-refractivity contribution in [2.75, 3.05) is 11.6 Å². The molecule has 0 amide bonds. The summed E-state index contributed by atoms with van der Waals surface area (Å²) in [6.07, 6.45) is 0. The smallest absolute Gasteiger partial charge is 0.294 e. The molecular formula is C9H6ClN3O3. The molecule has 82 valence electrons. The van der Waals surface area contributed by atoms with Gasteiger partial charge in [0.1, 0.15) is 5.69 Å². The Hall–Kier alpha value is -2.13. The first-order valence-electron chi connectivity index (χ1n) is 4.08. The van der Waals surface area contributed by atoms with Crippen LogP contribution in [0.4, 0.5) is 11.4 Å². The van der Waals surface area contributed by atoms with Gasteiger partial charge in [-0.25, -0.2) is 0 Å². The second-order valence-corrected chi connectivity index (χ2v) is 3.15. The molecule has 6 nitrogen and oxygen atoms in total. The number of nitriles is 1. The first-order chi connectivity index (χ1) is 7.51. The fraction of sp³-hybridized carbons (Fsp3) is 0.111. The minimum atomic E-state index is -0.749. The number of Topliss-reactive ketones (excluding diaryl/α,β-unsaturated/α-hetero) is 1. The number of carbonyl (C=O) groups is 1. The van der Waals surface area contributed by atoms with Crippen LogP contribution in [0.25, 0.3) is 0 Å². The number of alkyl halides is 1. The van der Waals surface area contributed by atoms with Gasteiger partial charge in [-0.1, -0.05) is 0 Å². The quantitative estimate of drug-likeness (QED) is 0.282. The molecule has 0 unspecified atom stereocenters. The van der Waals surface area contributed by atoms with Crippen molar-refractivity contribution in [2.24, 2.45) is 0 Å². The Morgan fingerprint density at radius 3 is 2.69 bits per heavy atom. The van der Waals surface area contributed by atoms with Crippen LogP contribution in [-0.2, 0) is 0 Å². The molecule has 1 rings (SSSR count). The van der Waals surface area contributed by atoms with Crippen LogP contribution in [0.5, 0.6) is 0 Å². The zero-order chi connectivity index (χ0) is 12.3. The lowest BCUT2D eigenvalue weighted by Gasteiger charge is -2.04. The summed E-state index contributed by atoms with van der Waals surface area (Å²) >= 11 is 5.33. The summed E-state index contributed by atoms with van der Waals surface area (Å²) in [6, 6.07) is 3.92. The van der Waals surface area contributed by atoms with Crippen molar-refractivity contribution in [2.45, 2.75) is 0 Å². The average molecular weight is 240 g/mol. The van der Waals surface area contributed by atoms with E-state index in [2.05, 4.69) is 0 Å². The lowest BCUT2D eigenvalue weighted by molar-refractivity contribution is -0.383. The van der Waals surface area contributed by atoms with Gasteiger partial charge in [-0.2, -0.15) is 5.26 Å². The largest absolute Gasteiger partial charge is 0.393 e. The number of rotatable bonds is 3. The number of ketones is 1. The maximum absolute atomic E-state index is 11.3. The van der Waals surface area contributed by atoms with Crippen LogP contribution < -0.4 is 5.73 Å². The van der Waals surface area contributed by atoms with Crippen molar-refractivity contribution in [3.05, 3.63) is 33.4 Å². The Kier molecular flexibility index (Phi) is 3.43. The summed E-state index contributed by atoms with van der Waals surface area (Å²) in [5, 5.41) is 19.3. The van der Waals surface area contributed by atoms with E-state index in [4.69, 9.17) is 22.6 Å². The van der Waals surface area contributed by atoms with Crippen molar-refractivity contribution in [3.8, 4) is 6.07 Å². The Bertz CT molecular complexity index is 507. The van der Waals surface area contributed by atoms with E-state index in [9.17, 15) is 14.9 Å². The normalized spacial score (nSPS) is 9.50. The molecule has 0 aromatic heterocycles. The molecule has 0 radical (unpaired) electrons. The van der Waals surface area contributed by atoms with E-state index in [1.807, 2.05) is 0 Å². The van der Waals surface area contributed by atoms with E-state index in [1.54, 1.807) is 6.07 Å². The summed E-state index contributed by atoms with van der Waals surface area (Å²) in [6.45, 7) is 0. The molecule has 1 aromatic carbocycles. The number of anilines is 1. The first kappa shape index (κ1) is 11.9. The molecule has 16 heavy (non-hydrogen) atoms. The number of carbonyl (C=O) groups excluding carboxylic acids is 1. The van der Waals surface area contributed by atoms with Crippen molar-refractivity contribution < 1.29 is 9.72 Å². The zero-order valence-corrected chi connectivity index (χ0v) is 8.69. The Balaban J connectivity index is 3.50. The third-order valence-electron chi connectivity index (χ3n) is 1.91. The Morgan fingerprint density at radius 1 is 1.62 bits per heavy atom. The van der Waals surface area contributed by atoms with Crippen LogP contribution in [0.2, 0.25) is 0 Å². The number of nitrogen functional groups attached to an aromatic ring is 1. The van der Waals surface area contributed by atoms with Gasteiger partial charge in [0.05, 0.1) is 28.0 Å². The van der Waals surface area contributed by atoms with Crippen LogP contribution in [0.3, 0.4) is 0 Å². The zero-order valence-electron chi connectivity index (χ0n) is 7.94. The minimum absolute atomic E-state index is 0.00522. The van der Waals surface area contributed by atoms with E-state index in [0.29, 0.717) is 0 Å². The molecule has 0 aliphatic heterocycles. The molecule has 0 aliphatic rings. The van der Waals surface area contributed by atoms with E-state index in [1.165, 1.54) is 6.07 Å². The molecule has 0 fully saturated rings. The lowest BCUT2D eigenvalue weighted by atomic mass is 10.0. The SMILES string of the molecule is N#Cc1cc(C(=O)CCl)c(N)c([N+](=O)[O-])c1. The van der Waals surface area contributed by atoms with Gasteiger partial charge in [0, 0.05) is 6.07 Å².